The van der Waals surface area contributed by atoms with E-state index in [1.165, 1.54) is 6.07 Å². The maximum absolute atomic E-state index is 15.2. The number of carbonyl (C=O) groups excluding carboxylic acids is 2. The Bertz CT molecular complexity index is 1350. The van der Waals surface area contributed by atoms with Gasteiger partial charge in [-0.2, -0.15) is 0 Å². The summed E-state index contributed by atoms with van der Waals surface area (Å²) in [6.07, 6.45) is 1.03. The number of fused-ring (bicyclic) bond motifs is 1. The molecular formula is C24H25F6N3O4S. The van der Waals surface area contributed by atoms with E-state index in [0.717, 1.165) is 11.0 Å². The van der Waals surface area contributed by atoms with Gasteiger partial charge < -0.3 is 19.7 Å². The van der Waals surface area contributed by atoms with Crippen molar-refractivity contribution < 1.29 is 42.9 Å². The Kier molecular flexibility index (Phi) is 6.41. The summed E-state index contributed by atoms with van der Waals surface area (Å²) >= 11 is 0. The average Bonchev–Trinajstić information content (AvgIpc) is 3.60. The molecule has 2 aromatic rings. The number of carbonyl (C=O) groups is 2. The third-order valence-electron chi connectivity index (χ3n) is 6.00. The van der Waals surface area contributed by atoms with Gasteiger partial charge >= 0.3 is 10.2 Å². The molecule has 0 spiro atoms. The van der Waals surface area contributed by atoms with Gasteiger partial charge in [0.1, 0.15) is 10.7 Å². The zero-order chi connectivity index (χ0) is 28.1. The van der Waals surface area contributed by atoms with E-state index in [2.05, 4.69) is 5.32 Å². The second-order valence-electron chi connectivity index (χ2n) is 9.02. The van der Waals surface area contributed by atoms with Gasteiger partial charge in [-0.05, 0) is 56.5 Å². The van der Waals surface area contributed by atoms with Gasteiger partial charge in [0.15, 0.2) is 23.1 Å². The molecule has 0 bridgehead atoms. The largest absolute Gasteiger partial charge is 0.490 e. The molecule has 1 aliphatic heterocycles. The molecule has 208 valence electrons. The lowest BCUT2D eigenvalue weighted by Gasteiger charge is -2.40. The SMILES string of the molecule is CCOc1cc2c(c(F)c1OCC)C(=N)N(CC(=O)c1cc(NC(=O)C3CC3)cc(S(F)(F)(F)(F)F)c1)C2. The molecule has 0 unspecified atom stereocenters. The molecular weight excluding hydrogens is 540 g/mol. The van der Waals surface area contributed by atoms with Gasteiger partial charge in [-0.1, -0.05) is 19.4 Å². The number of nitrogens with zero attached hydrogens (tertiary/aromatic N) is 1. The number of ether oxygens (including phenoxy) is 2. The molecule has 7 nitrogen and oxygen atoms in total. The van der Waals surface area contributed by atoms with Crippen molar-refractivity contribution in [2.24, 2.45) is 5.92 Å². The van der Waals surface area contributed by atoms with Crippen LogP contribution in [-0.4, -0.2) is 42.2 Å². The Labute approximate surface area is 214 Å². The van der Waals surface area contributed by atoms with Crippen LogP contribution in [0.15, 0.2) is 29.2 Å². The fourth-order valence-electron chi connectivity index (χ4n) is 4.07. The molecule has 0 aromatic heterocycles. The summed E-state index contributed by atoms with van der Waals surface area (Å²) in [6.45, 7) is 2.74. The van der Waals surface area contributed by atoms with Gasteiger partial charge in [0, 0.05) is 23.7 Å². The van der Waals surface area contributed by atoms with Gasteiger partial charge in [0.25, 0.3) is 0 Å². The maximum Gasteiger partial charge on any atom is 0.310 e. The fourth-order valence-corrected chi connectivity index (χ4v) is 4.77. The predicted octanol–water partition coefficient (Wildman–Crippen LogP) is 6.65. The second kappa shape index (κ2) is 8.82. The summed E-state index contributed by atoms with van der Waals surface area (Å²) in [5.41, 5.74) is -1.21. The molecule has 1 heterocycles. The lowest BCUT2D eigenvalue weighted by molar-refractivity contribution is -0.117. The van der Waals surface area contributed by atoms with Crippen LogP contribution in [0.3, 0.4) is 0 Å². The number of hydrogen-bond acceptors (Lipinski definition) is 5. The summed E-state index contributed by atoms with van der Waals surface area (Å²) in [5.74, 6) is -3.55. The minimum atomic E-state index is -10.2. The number of Topliss-reactive ketones (excluding diaryl/α,β-unsaturated/α-hetero) is 1. The van der Waals surface area contributed by atoms with Crippen LogP contribution in [0.25, 0.3) is 0 Å². The average molecular weight is 566 g/mol. The molecule has 2 N–H and O–H groups in total. The zero-order valence-electron chi connectivity index (χ0n) is 20.4. The second-order valence-corrected chi connectivity index (χ2v) is 11.4. The molecule has 4 rings (SSSR count). The highest BCUT2D eigenvalue weighted by Gasteiger charge is 2.65. The normalized spacial score (nSPS) is 16.9. The lowest BCUT2D eigenvalue weighted by Crippen LogP contribution is -2.30. The Hall–Kier alpha value is -3.42. The molecule has 1 aliphatic carbocycles. The van der Waals surface area contributed by atoms with Gasteiger partial charge in [0.2, 0.25) is 5.91 Å². The van der Waals surface area contributed by atoms with Crippen LogP contribution in [0, 0.1) is 17.1 Å². The number of benzene rings is 2. The van der Waals surface area contributed by atoms with Crippen LogP contribution in [0.4, 0.5) is 29.5 Å². The standard InChI is InChI=1S/C24H25F6N3O4S/c1-3-36-19-9-15-11-33(23(31)20(15)21(25)22(19)37-4-2)12-18(34)14-7-16(32-24(35)13-5-6-13)10-17(8-14)38(26,27,28,29)30/h7-10,13,31H,3-6,11-12H2,1-2H3,(H,32,35). The minimum absolute atomic E-state index is 0.0322. The summed E-state index contributed by atoms with van der Waals surface area (Å²) < 4.78 is 94.2. The molecule has 14 heteroatoms. The van der Waals surface area contributed by atoms with E-state index in [0.29, 0.717) is 12.8 Å². The highest BCUT2D eigenvalue weighted by atomic mass is 32.5. The minimum Gasteiger partial charge on any atom is -0.490 e. The first-order chi connectivity index (χ1) is 17.5. The third-order valence-corrected chi connectivity index (χ3v) is 7.12. The third kappa shape index (κ3) is 5.69. The van der Waals surface area contributed by atoms with Crippen molar-refractivity contribution in [2.45, 2.75) is 38.1 Å². The van der Waals surface area contributed by atoms with Crippen LogP contribution in [-0.2, 0) is 11.3 Å². The van der Waals surface area contributed by atoms with E-state index in [1.807, 2.05) is 0 Å². The van der Waals surface area contributed by atoms with Crippen LogP contribution < -0.4 is 14.8 Å². The molecule has 1 fully saturated rings. The molecule has 0 atom stereocenters. The quantitative estimate of drug-likeness (QED) is 0.249. The summed E-state index contributed by atoms with van der Waals surface area (Å²) in [4.78, 5) is 23.8. The van der Waals surface area contributed by atoms with E-state index in [1.54, 1.807) is 13.8 Å². The molecule has 0 radical (unpaired) electrons. The highest BCUT2D eigenvalue weighted by Crippen LogP contribution is 3.02. The van der Waals surface area contributed by atoms with Crippen molar-refractivity contribution in [3.63, 3.8) is 0 Å². The molecule has 1 saturated carbocycles. The summed E-state index contributed by atoms with van der Waals surface area (Å²) in [5, 5.41) is 10.5. The van der Waals surface area contributed by atoms with E-state index in [4.69, 9.17) is 14.9 Å². The number of ketones is 1. The number of nitrogens with one attached hydrogen (secondary N) is 2. The Balaban J connectivity index is 1.65. The predicted molar refractivity (Wildman–Crippen MR) is 129 cm³/mol. The van der Waals surface area contributed by atoms with Crippen molar-refractivity contribution in [3.05, 3.63) is 46.8 Å². The zero-order valence-corrected chi connectivity index (χ0v) is 21.2. The first-order valence-electron chi connectivity index (χ1n) is 11.7. The number of rotatable bonds is 10. The van der Waals surface area contributed by atoms with Gasteiger partial charge in [-0.15, -0.1) is 0 Å². The van der Waals surface area contributed by atoms with E-state index in [-0.39, 0.29) is 54.5 Å². The summed E-state index contributed by atoms with van der Waals surface area (Å²) in [6, 6.07) is 2.46. The number of halogens is 6. The number of hydrogen-bond donors (Lipinski definition) is 2. The number of amides is 1. The topological polar surface area (TPSA) is 91.7 Å². The summed E-state index contributed by atoms with van der Waals surface area (Å²) in [7, 11) is -10.2. The Morgan fingerprint density at radius 3 is 2.29 bits per heavy atom. The monoisotopic (exact) mass is 565 g/mol. The maximum atomic E-state index is 15.2. The molecule has 1 amide bonds. The van der Waals surface area contributed by atoms with Crippen molar-refractivity contribution in [2.75, 3.05) is 25.1 Å². The van der Waals surface area contributed by atoms with E-state index >= 15 is 4.39 Å². The van der Waals surface area contributed by atoms with Gasteiger partial charge in [-0.3, -0.25) is 15.0 Å². The Morgan fingerprint density at radius 2 is 1.71 bits per heavy atom. The van der Waals surface area contributed by atoms with E-state index in [9.17, 15) is 29.0 Å². The fraction of sp³-hybridized carbons (Fsp3) is 0.375. The molecule has 0 saturated heterocycles. The van der Waals surface area contributed by atoms with E-state index < -0.39 is 62.2 Å². The van der Waals surface area contributed by atoms with Crippen LogP contribution in [0.2, 0.25) is 0 Å². The number of anilines is 1. The van der Waals surface area contributed by atoms with Crippen LogP contribution in [0.5, 0.6) is 11.5 Å². The number of amidine groups is 1. The highest BCUT2D eigenvalue weighted by molar-refractivity contribution is 8.45. The first kappa shape index (κ1) is 27.6. The molecule has 38 heavy (non-hydrogen) atoms. The van der Waals surface area contributed by atoms with Crippen molar-refractivity contribution in [1.82, 2.24) is 4.90 Å². The van der Waals surface area contributed by atoms with Crippen LogP contribution >= 0.6 is 10.2 Å². The van der Waals surface area contributed by atoms with Crippen molar-refractivity contribution in [1.29, 1.82) is 5.41 Å². The Morgan fingerprint density at radius 1 is 1.05 bits per heavy atom. The van der Waals surface area contributed by atoms with Crippen molar-refractivity contribution >= 4 is 33.4 Å². The van der Waals surface area contributed by atoms with Crippen molar-refractivity contribution in [3.8, 4) is 11.5 Å². The van der Waals surface area contributed by atoms with Gasteiger partial charge in [-0.25, -0.2) is 4.39 Å². The van der Waals surface area contributed by atoms with Crippen LogP contribution in [0.1, 0.15) is 48.2 Å². The smallest absolute Gasteiger partial charge is 0.310 e. The van der Waals surface area contributed by atoms with Gasteiger partial charge in [0.05, 0.1) is 25.3 Å². The molecule has 2 aromatic carbocycles. The molecule has 2 aliphatic rings. The first-order valence-corrected chi connectivity index (χ1v) is 13.7. The lowest BCUT2D eigenvalue weighted by atomic mass is 10.1.